The molecule has 9 heteroatoms. The number of aliphatic imine (C=N–C) groups is 1. The second-order valence-corrected chi connectivity index (χ2v) is 6.10. The second kappa shape index (κ2) is 10.9. The van der Waals surface area contributed by atoms with Crippen LogP contribution in [0.25, 0.3) is 0 Å². The lowest BCUT2D eigenvalue weighted by atomic mass is 10.1. The van der Waals surface area contributed by atoms with Gasteiger partial charge in [0, 0.05) is 17.8 Å². The van der Waals surface area contributed by atoms with Crippen LogP contribution >= 0.6 is 0 Å². The minimum absolute atomic E-state index is 0.0500. The molecule has 2 aromatic carbocycles. The van der Waals surface area contributed by atoms with Crippen LogP contribution in [-0.2, 0) is 11.3 Å². The zero-order valence-corrected chi connectivity index (χ0v) is 16.1. The van der Waals surface area contributed by atoms with Gasteiger partial charge in [-0.15, -0.1) is 0 Å². The average molecular weight is 408 g/mol. The lowest BCUT2D eigenvalue weighted by Crippen LogP contribution is -2.41. The van der Waals surface area contributed by atoms with Crippen molar-refractivity contribution in [3.05, 3.63) is 59.4 Å². The minimum atomic E-state index is -2.93. The number of hydrogen-bond donors (Lipinski definition) is 3. The molecule has 6 nitrogen and oxygen atoms in total. The molecule has 0 unspecified atom stereocenters. The summed E-state index contributed by atoms with van der Waals surface area (Å²) in [7, 11) is 0. The zero-order chi connectivity index (χ0) is 21.2. The number of halogens is 3. The third-order valence-electron chi connectivity index (χ3n) is 3.71. The van der Waals surface area contributed by atoms with E-state index in [4.69, 9.17) is 0 Å². The van der Waals surface area contributed by atoms with Crippen molar-refractivity contribution in [1.29, 1.82) is 0 Å². The highest BCUT2D eigenvalue weighted by Gasteiger charge is 2.10. The molecular formula is C20H23F3N4O2. The van der Waals surface area contributed by atoms with Crippen LogP contribution in [0.15, 0.2) is 47.5 Å². The molecule has 0 aromatic heterocycles. The first-order valence-electron chi connectivity index (χ1n) is 8.99. The smallest absolute Gasteiger partial charge is 0.387 e. The number of anilines is 1. The maximum atomic E-state index is 13.2. The largest absolute Gasteiger partial charge is 0.434 e. The predicted octanol–water partition coefficient (Wildman–Crippen LogP) is 3.43. The van der Waals surface area contributed by atoms with E-state index in [2.05, 4.69) is 25.7 Å². The highest BCUT2D eigenvalue weighted by molar-refractivity contribution is 5.94. The molecule has 1 amide bonds. The van der Waals surface area contributed by atoms with Gasteiger partial charge in [0.15, 0.2) is 5.96 Å². The molecule has 3 N–H and O–H groups in total. The number of nitrogens with one attached hydrogen (secondary N) is 3. The maximum absolute atomic E-state index is 13.2. The molecule has 0 aliphatic rings. The second-order valence-electron chi connectivity index (χ2n) is 6.10. The van der Waals surface area contributed by atoms with Crippen molar-refractivity contribution in [1.82, 2.24) is 10.6 Å². The van der Waals surface area contributed by atoms with Gasteiger partial charge in [0.25, 0.3) is 0 Å². The molecule has 0 radical (unpaired) electrons. The third kappa shape index (κ3) is 7.73. The zero-order valence-electron chi connectivity index (χ0n) is 16.1. The lowest BCUT2D eigenvalue weighted by molar-refractivity contribution is -0.115. The van der Waals surface area contributed by atoms with Crippen LogP contribution in [0.1, 0.15) is 18.1 Å². The van der Waals surface area contributed by atoms with E-state index in [0.717, 1.165) is 5.56 Å². The monoisotopic (exact) mass is 408 g/mol. The van der Waals surface area contributed by atoms with Crippen molar-refractivity contribution in [2.75, 3.05) is 18.4 Å². The standard InChI is InChI=1S/C20H23F3N4O2/c1-3-24-20(26-12-18(28)27-16-6-4-5-15(21)10-16)25-11-14-9-13(2)7-8-17(14)29-19(22)23/h4-10,19H,3,11-12H2,1-2H3,(H,27,28)(H2,24,25,26). The molecule has 0 atom stereocenters. The Bertz CT molecular complexity index is 859. The summed E-state index contributed by atoms with van der Waals surface area (Å²) in [6.45, 7) is 1.24. The first kappa shape index (κ1) is 22.1. The van der Waals surface area contributed by atoms with Crippen LogP contribution in [0.5, 0.6) is 5.75 Å². The number of nitrogens with zero attached hydrogens (tertiary/aromatic N) is 1. The maximum Gasteiger partial charge on any atom is 0.387 e. The Kier molecular flexibility index (Phi) is 8.32. The molecule has 0 saturated carbocycles. The minimum Gasteiger partial charge on any atom is -0.434 e. The van der Waals surface area contributed by atoms with Gasteiger partial charge in [0.1, 0.15) is 11.6 Å². The fourth-order valence-corrected chi connectivity index (χ4v) is 2.48. The van der Waals surface area contributed by atoms with E-state index in [0.29, 0.717) is 23.8 Å². The summed E-state index contributed by atoms with van der Waals surface area (Å²) in [6.07, 6.45) is 0. The molecular weight excluding hydrogens is 385 g/mol. The Morgan fingerprint density at radius 1 is 1.17 bits per heavy atom. The van der Waals surface area contributed by atoms with E-state index >= 15 is 0 Å². The van der Waals surface area contributed by atoms with E-state index in [1.54, 1.807) is 18.2 Å². The van der Waals surface area contributed by atoms with Gasteiger partial charge in [0.2, 0.25) is 5.91 Å². The molecule has 2 rings (SSSR count). The molecule has 2 aromatic rings. The van der Waals surface area contributed by atoms with E-state index < -0.39 is 18.3 Å². The van der Waals surface area contributed by atoms with Gasteiger partial charge in [0.05, 0.1) is 13.1 Å². The average Bonchev–Trinajstić information content (AvgIpc) is 2.65. The Labute approximate surface area is 167 Å². The molecule has 0 saturated heterocycles. The first-order valence-corrected chi connectivity index (χ1v) is 8.99. The first-order chi connectivity index (χ1) is 13.9. The summed E-state index contributed by atoms with van der Waals surface area (Å²) in [6, 6.07) is 10.4. The van der Waals surface area contributed by atoms with Gasteiger partial charge in [-0.25, -0.2) is 9.38 Å². The Hall–Kier alpha value is -3.23. The SMILES string of the molecule is CCNC(=NCc1cc(C)ccc1OC(F)F)NCC(=O)Nc1cccc(F)c1. The highest BCUT2D eigenvalue weighted by Crippen LogP contribution is 2.22. The van der Waals surface area contributed by atoms with Crippen LogP contribution in [0.4, 0.5) is 18.9 Å². The third-order valence-corrected chi connectivity index (χ3v) is 3.71. The van der Waals surface area contributed by atoms with Crippen molar-refractivity contribution < 1.29 is 22.7 Å². The summed E-state index contributed by atoms with van der Waals surface area (Å²) >= 11 is 0. The molecule has 0 aliphatic heterocycles. The van der Waals surface area contributed by atoms with Crippen LogP contribution in [0, 0.1) is 12.7 Å². The van der Waals surface area contributed by atoms with Crippen molar-refractivity contribution >= 4 is 17.6 Å². The summed E-state index contributed by atoms with van der Waals surface area (Å²) < 4.78 is 42.9. The Morgan fingerprint density at radius 2 is 1.97 bits per heavy atom. The Balaban J connectivity index is 2.01. The fraction of sp³-hybridized carbons (Fsp3) is 0.300. The van der Waals surface area contributed by atoms with Gasteiger partial charge in [-0.3, -0.25) is 4.79 Å². The van der Waals surface area contributed by atoms with Gasteiger partial charge in [-0.2, -0.15) is 8.78 Å². The van der Waals surface area contributed by atoms with Gasteiger partial charge in [-0.05, 0) is 38.1 Å². The van der Waals surface area contributed by atoms with Crippen LogP contribution in [-0.4, -0.2) is 31.6 Å². The van der Waals surface area contributed by atoms with E-state index in [1.165, 1.54) is 24.3 Å². The number of guanidine groups is 1. The molecule has 0 aliphatic carbocycles. The van der Waals surface area contributed by atoms with Crippen LogP contribution in [0.3, 0.4) is 0 Å². The van der Waals surface area contributed by atoms with Crippen molar-refractivity contribution in [3.8, 4) is 5.75 Å². The number of benzene rings is 2. The fourth-order valence-electron chi connectivity index (χ4n) is 2.48. The lowest BCUT2D eigenvalue weighted by Gasteiger charge is -2.13. The van der Waals surface area contributed by atoms with Crippen molar-refractivity contribution in [2.24, 2.45) is 4.99 Å². The molecule has 156 valence electrons. The highest BCUT2D eigenvalue weighted by atomic mass is 19.3. The number of aryl methyl sites for hydroxylation is 1. The number of rotatable bonds is 8. The van der Waals surface area contributed by atoms with Crippen LogP contribution < -0.4 is 20.7 Å². The molecule has 0 spiro atoms. The van der Waals surface area contributed by atoms with Crippen molar-refractivity contribution in [2.45, 2.75) is 27.0 Å². The van der Waals surface area contributed by atoms with Crippen LogP contribution in [0.2, 0.25) is 0 Å². The quantitative estimate of drug-likeness (QED) is 0.462. The number of ether oxygens (including phenoxy) is 1. The van der Waals surface area contributed by atoms with E-state index in [9.17, 15) is 18.0 Å². The Morgan fingerprint density at radius 3 is 2.66 bits per heavy atom. The molecule has 0 heterocycles. The topological polar surface area (TPSA) is 74.8 Å². The van der Waals surface area contributed by atoms with Gasteiger partial charge >= 0.3 is 6.61 Å². The molecule has 0 bridgehead atoms. The number of amides is 1. The van der Waals surface area contributed by atoms with Gasteiger partial charge in [-0.1, -0.05) is 23.8 Å². The molecule has 29 heavy (non-hydrogen) atoms. The summed E-state index contributed by atoms with van der Waals surface area (Å²) in [4.78, 5) is 16.4. The van der Waals surface area contributed by atoms with Crippen molar-refractivity contribution in [3.63, 3.8) is 0 Å². The van der Waals surface area contributed by atoms with Gasteiger partial charge < -0.3 is 20.7 Å². The predicted molar refractivity (Wildman–Crippen MR) is 106 cm³/mol. The number of carbonyl (C=O) groups excluding carboxylic acids is 1. The number of alkyl halides is 2. The summed E-state index contributed by atoms with van der Waals surface area (Å²) in [5.41, 5.74) is 1.71. The normalized spacial score (nSPS) is 11.3. The number of hydrogen-bond acceptors (Lipinski definition) is 3. The van der Waals surface area contributed by atoms with E-state index in [1.807, 2.05) is 13.8 Å². The number of carbonyl (C=O) groups is 1. The summed E-state index contributed by atoms with van der Waals surface area (Å²) in [5, 5.41) is 8.38. The summed E-state index contributed by atoms with van der Waals surface area (Å²) in [5.74, 6) is -0.468. The van der Waals surface area contributed by atoms with E-state index in [-0.39, 0.29) is 18.8 Å². The molecule has 0 fully saturated rings.